The number of thiophene rings is 1. The van der Waals surface area contributed by atoms with Gasteiger partial charge in [0.1, 0.15) is 17.0 Å². The number of carbonyl (C=O) groups is 1. The number of amides is 1. The third-order valence-electron chi connectivity index (χ3n) is 2.30. The molecule has 1 atom stereocenters. The number of aryl methyl sites for hydroxylation is 1. The number of halogens is 1. The second-order valence-electron chi connectivity index (χ2n) is 3.63. The van der Waals surface area contributed by atoms with E-state index in [4.69, 9.17) is 11.6 Å². The Morgan fingerprint density at radius 3 is 2.94 bits per heavy atom. The first-order chi connectivity index (χ1) is 8.09. The molecule has 0 bridgehead atoms. The summed E-state index contributed by atoms with van der Waals surface area (Å²) in [5, 5.41) is 11.6. The highest BCUT2D eigenvalue weighted by Gasteiger charge is 2.18. The van der Waals surface area contributed by atoms with Crippen molar-refractivity contribution >= 4 is 28.8 Å². The smallest absolute Gasteiger partial charge is 0.263 e. The topological polar surface area (TPSA) is 70.7 Å². The van der Waals surface area contributed by atoms with Crippen LogP contribution in [0.3, 0.4) is 0 Å². The largest absolute Gasteiger partial charge is 0.342 e. The van der Waals surface area contributed by atoms with E-state index in [1.54, 1.807) is 0 Å². The van der Waals surface area contributed by atoms with Crippen molar-refractivity contribution in [3.8, 4) is 0 Å². The third-order valence-corrected chi connectivity index (χ3v) is 3.99. The van der Waals surface area contributed by atoms with Crippen LogP contribution < -0.4 is 5.32 Å². The number of H-pyrrole nitrogens is 1. The summed E-state index contributed by atoms with van der Waals surface area (Å²) < 4.78 is 0. The molecular formula is C10H11ClN4OS. The fraction of sp³-hybridized carbons (Fsp3) is 0.300. The first kappa shape index (κ1) is 12.1. The quantitative estimate of drug-likeness (QED) is 0.899. The Hall–Kier alpha value is -1.40. The molecule has 0 fully saturated rings. The Labute approximate surface area is 107 Å². The SMILES string of the molecule is Cc1csc(C(=O)NC(C)c2ncn[nH]2)c1Cl. The molecule has 0 aliphatic heterocycles. The summed E-state index contributed by atoms with van der Waals surface area (Å²) in [6, 6.07) is -0.233. The van der Waals surface area contributed by atoms with Gasteiger partial charge in [-0.2, -0.15) is 5.10 Å². The average molecular weight is 271 g/mol. The average Bonchev–Trinajstić information content (AvgIpc) is 2.90. The van der Waals surface area contributed by atoms with Gasteiger partial charge in [-0.1, -0.05) is 11.6 Å². The molecule has 0 spiro atoms. The maximum atomic E-state index is 11.9. The predicted octanol–water partition coefficient (Wildman–Crippen LogP) is 2.32. The summed E-state index contributed by atoms with van der Waals surface area (Å²) in [6.07, 6.45) is 1.40. The van der Waals surface area contributed by atoms with Crippen molar-refractivity contribution < 1.29 is 4.79 Å². The zero-order valence-electron chi connectivity index (χ0n) is 9.32. The predicted molar refractivity (Wildman–Crippen MR) is 66.3 cm³/mol. The molecule has 5 nitrogen and oxygen atoms in total. The lowest BCUT2D eigenvalue weighted by Gasteiger charge is -2.10. The van der Waals surface area contributed by atoms with E-state index in [1.807, 2.05) is 19.2 Å². The molecule has 2 N–H and O–H groups in total. The van der Waals surface area contributed by atoms with Crippen molar-refractivity contribution in [3.05, 3.63) is 33.0 Å². The van der Waals surface area contributed by atoms with Crippen LogP contribution in [-0.2, 0) is 0 Å². The van der Waals surface area contributed by atoms with Gasteiger partial charge in [0, 0.05) is 0 Å². The van der Waals surface area contributed by atoms with Gasteiger partial charge in [0.25, 0.3) is 5.91 Å². The molecule has 17 heavy (non-hydrogen) atoms. The number of nitrogens with one attached hydrogen (secondary N) is 2. The van der Waals surface area contributed by atoms with Crippen LogP contribution in [0, 0.1) is 6.92 Å². The molecule has 0 saturated carbocycles. The van der Waals surface area contributed by atoms with Crippen molar-refractivity contribution in [2.45, 2.75) is 19.9 Å². The van der Waals surface area contributed by atoms with E-state index in [1.165, 1.54) is 17.7 Å². The molecule has 7 heteroatoms. The van der Waals surface area contributed by atoms with Gasteiger partial charge in [0.05, 0.1) is 11.1 Å². The summed E-state index contributed by atoms with van der Waals surface area (Å²) in [4.78, 5) is 16.4. The number of hydrogen-bond donors (Lipinski definition) is 2. The summed E-state index contributed by atoms with van der Waals surface area (Å²) >= 11 is 7.36. The van der Waals surface area contributed by atoms with Gasteiger partial charge < -0.3 is 5.32 Å². The minimum Gasteiger partial charge on any atom is -0.342 e. The molecule has 2 rings (SSSR count). The van der Waals surface area contributed by atoms with E-state index in [2.05, 4.69) is 20.5 Å². The maximum absolute atomic E-state index is 11.9. The van der Waals surface area contributed by atoms with E-state index >= 15 is 0 Å². The molecule has 0 aliphatic carbocycles. The van der Waals surface area contributed by atoms with Crippen molar-refractivity contribution in [1.82, 2.24) is 20.5 Å². The van der Waals surface area contributed by atoms with E-state index < -0.39 is 0 Å². The molecule has 0 aliphatic rings. The van der Waals surface area contributed by atoms with E-state index in [-0.39, 0.29) is 11.9 Å². The van der Waals surface area contributed by atoms with Gasteiger partial charge in [-0.25, -0.2) is 4.98 Å². The van der Waals surface area contributed by atoms with Crippen LogP contribution in [-0.4, -0.2) is 21.1 Å². The number of carbonyl (C=O) groups excluding carboxylic acids is 1. The van der Waals surface area contributed by atoms with Crippen molar-refractivity contribution in [1.29, 1.82) is 0 Å². The van der Waals surface area contributed by atoms with Crippen LogP contribution in [0.2, 0.25) is 5.02 Å². The van der Waals surface area contributed by atoms with Crippen LogP contribution in [0.15, 0.2) is 11.7 Å². The number of nitrogens with zero attached hydrogens (tertiary/aromatic N) is 2. The Morgan fingerprint density at radius 1 is 1.65 bits per heavy atom. The Balaban J connectivity index is 2.10. The highest BCUT2D eigenvalue weighted by atomic mass is 35.5. The first-order valence-corrected chi connectivity index (χ1v) is 6.25. The lowest BCUT2D eigenvalue weighted by molar-refractivity contribution is 0.0942. The summed E-state index contributed by atoms with van der Waals surface area (Å²) in [5.74, 6) is 0.416. The standard InChI is InChI=1S/C10H11ClN4OS/c1-5-3-17-8(7(5)11)10(16)14-6(2)9-12-4-13-15-9/h3-4,6H,1-2H3,(H,14,16)(H,12,13,15). The van der Waals surface area contributed by atoms with Crippen molar-refractivity contribution in [2.24, 2.45) is 0 Å². The maximum Gasteiger partial charge on any atom is 0.263 e. The molecule has 2 aromatic rings. The molecule has 0 aromatic carbocycles. The minimum absolute atomic E-state index is 0.197. The second-order valence-corrected chi connectivity index (χ2v) is 4.89. The van der Waals surface area contributed by atoms with Crippen LogP contribution in [0.1, 0.15) is 34.0 Å². The Bertz CT molecular complexity index is 522. The van der Waals surface area contributed by atoms with Gasteiger partial charge in [0.15, 0.2) is 0 Å². The molecule has 2 heterocycles. The van der Waals surface area contributed by atoms with Crippen LogP contribution in [0.5, 0.6) is 0 Å². The molecule has 90 valence electrons. The van der Waals surface area contributed by atoms with E-state index in [0.717, 1.165) is 5.56 Å². The highest BCUT2D eigenvalue weighted by molar-refractivity contribution is 7.13. The van der Waals surface area contributed by atoms with E-state index in [0.29, 0.717) is 15.7 Å². The fourth-order valence-electron chi connectivity index (χ4n) is 1.34. The second kappa shape index (κ2) is 4.85. The lowest BCUT2D eigenvalue weighted by Crippen LogP contribution is -2.26. The third kappa shape index (κ3) is 2.48. The normalized spacial score (nSPS) is 12.4. The number of aromatic amines is 1. The van der Waals surface area contributed by atoms with E-state index in [9.17, 15) is 4.79 Å². The molecule has 0 radical (unpaired) electrons. The molecule has 2 aromatic heterocycles. The molecule has 0 saturated heterocycles. The van der Waals surface area contributed by atoms with Crippen LogP contribution in [0.25, 0.3) is 0 Å². The molecule has 1 amide bonds. The number of aromatic nitrogens is 3. The first-order valence-electron chi connectivity index (χ1n) is 4.99. The van der Waals surface area contributed by atoms with Gasteiger partial charge in [0.2, 0.25) is 0 Å². The summed E-state index contributed by atoms with van der Waals surface area (Å²) in [5.41, 5.74) is 0.911. The van der Waals surface area contributed by atoms with Gasteiger partial charge in [-0.3, -0.25) is 9.89 Å². The van der Waals surface area contributed by atoms with Gasteiger partial charge in [-0.15, -0.1) is 11.3 Å². The fourth-order valence-corrected chi connectivity index (χ4v) is 2.52. The summed E-state index contributed by atoms with van der Waals surface area (Å²) in [6.45, 7) is 3.70. The van der Waals surface area contributed by atoms with Crippen molar-refractivity contribution in [3.63, 3.8) is 0 Å². The highest BCUT2D eigenvalue weighted by Crippen LogP contribution is 2.27. The Kier molecular flexibility index (Phi) is 3.44. The Morgan fingerprint density at radius 2 is 2.41 bits per heavy atom. The minimum atomic E-state index is -0.233. The zero-order chi connectivity index (χ0) is 12.4. The monoisotopic (exact) mass is 270 g/mol. The summed E-state index contributed by atoms with van der Waals surface area (Å²) in [7, 11) is 0. The van der Waals surface area contributed by atoms with Gasteiger partial charge >= 0.3 is 0 Å². The molecule has 1 unspecified atom stereocenters. The van der Waals surface area contributed by atoms with Crippen molar-refractivity contribution in [2.75, 3.05) is 0 Å². The number of rotatable bonds is 3. The zero-order valence-corrected chi connectivity index (χ0v) is 10.9. The van der Waals surface area contributed by atoms with Crippen LogP contribution in [0.4, 0.5) is 0 Å². The van der Waals surface area contributed by atoms with Crippen LogP contribution >= 0.6 is 22.9 Å². The molecular weight excluding hydrogens is 260 g/mol. The van der Waals surface area contributed by atoms with Gasteiger partial charge in [-0.05, 0) is 24.8 Å². The lowest BCUT2D eigenvalue weighted by atomic mass is 10.3. The number of hydrogen-bond acceptors (Lipinski definition) is 4.